The van der Waals surface area contributed by atoms with Crippen LogP contribution in [0.4, 0.5) is 0 Å². The third-order valence-electron chi connectivity index (χ3n) is 2.68. The SMILES string of the molecule is COCCNCc1nc(C2CCOC2)cs1. The van der Waals surface area contributed by atoms with Crippen molar-refractivity contribution in [3.63, 3.8) is 0 Å². The first kappa shape index (κ1) is 12.0. The second kappa shape index (κ2) is 6.30. The second-order valence-electron chi connectivity index (χ2n) is 3.90. The van der Waals surface area contributed by atoms with Gasteiger partial charge in [0, 0.05) is 38.1 Å². The molecule has 0 bridgehead atoms. The molecule has 5 heteroatoms. The zero-order valence-electron chi connectivity index (χ0n) is 9.57. The largest absolute Gasteiger partial charge is 0.383 e. The first-order valence-electron chi connectivity index (χ1n) is 5.62. The maximum absolute atomic E-state index is 5.37. The van der Waals surface area contributed by atoms with Crippen molar-refractivity contribution < 1.29 is 9.47 Å². The van der Waals surface area contributed by atoms with Crippen LogP contribution in [-0.4, -0.2) is 38.5 Å². The molecule has 2 rings (SSSR count). The molecule has 1 aromatic rings. The molecule has 0 aromatic carbocycles. The Kier molecular flexibility index (Phi) is 4.71. The number of nitrogens with zero attached hydrogens (tertiary/aromatic N) is 1. The van der Waals surface area contributed by atoms with E-state index in [1.165, 1.54) is 5.69 Å². The van der Waals surface area contributed by atoms with Gasteiger partial charge < -0.3 is 14.8 Å². The summed E-state index contributed by atoms with van der Waals surface area (Å²) in [7, 11) is 1.71. The molecule has 90 valence electrons. The van der Waals surface area contributed by atoms with Crippen molar-refractivity contribution in [1.29, 1.82) is 0 Å². The molecule has 4 nitrogen and oxygen atoms in total. The number of hydrogen-bond acceptors (Lipinski definition) is 5. The van der Waals surface area contributed by atoms with Crippen LogP contribution in [-0.2, 0) is 16.0 Å². The normalized spacial score (nSPS) is 20.4. The number of thiazole rings is 1. The summed E-state index contributed by atoms with van der Waals surface area (Å²) >= 11 is 1.72. The molecule has 16 heavy (non-hydrogen) atoms. The Bertz CT molecular complexity index is 311. The second-order valence-corrected chi connectivity index (χ2v) is 4.84. The van der Waals surface area contributed by atoms with E-state index in [4.69, 9.17) is 9.47 Å². The van der Waals surface area contributed by atoms with Gasteiger partial charge in [-0.05, 0) is 6.42 Å². The maximum Gasteiger partial charge on any atom is 0.107 e. The van der Waals surface area contributed by atoms with Crippen LogP contribution in [0.25, 0.3) is 0 Å². The van der Waals surface area contributed by atoms with Gasteiger partial charge >= 0.3 is 0 Å². The Morgan fingerprint density at radius 2 is 2.62 bits per heavy atom. The molecule has 1 aliphatic rings. The van der Waals surface area contributed by atoms with Crippen molar-refractivity contribution >= 4 is 11.3 Å². The van der Waals surface area contributed by atoms with E-state index in [0.717, 1.165) is 44.3 Å². The number of nitrogens with one attached hydrogen (secondary N) is 1. The third kappa shape index (κ3) is 3.25. The van der Waals surface area contributed by atoms with Crippen molar-refractivity contribution in [2.24, 2.45) is 0 Å². The van der Waals surface area contributed by atoms with E-state index < -0.39 is 0 Å². The summed E-state index contributed by atoms with van der Waals surface area (Å²) in [6.07, 6.45) is 1.11. The lowest BCUT2D eigenvalue weighted by atomic mass is 10.1. The average Bonchev–Trinajstić information content (AvgIpc) is 2.94. The molecule has 0 saturated carbocycles. The lowest BCUT2D eigenvalue weighted by Gasteiger charge is -2.02. The van der Waals surface area contributed by atoms with Crippen molar-refractivity contribution in [3.8, 4) is 0 Å². The Balaban J connectivity index is 1.77. The van der Waals surface area contributed by atoms with Gasteiger partial charge in [-0.2, -0.15) is 0 Å². The summed E-state index contributed by atoms with van der Waals surface area (Å²) < 4.78 is 10.3. The Hall–Kier alpha value is -0.490. The fourth-order valence-corrected chi connectivity index (χ4v) is 2.58. The van der Waals surface area contributed by atoms with E-state index in [9.17, 15) is 0 Å². The standard InChI is InChI=1S/C11H18N2O2S/c1-14-5-3-12-6-11-13-10(8-16-11)9-2-4-15-7-9/h8-9,12H,2-7H2,1H3. The summed E-state index contributed by atoms with van der Waals surface area (Å²) in [6, 6.07) is 0. The van der Waals surface area contributed by atoms with E-state index in [2.05, 4.69) is 15.7 Å². The molecular weight excluding hydrogens is 224 g/mol. The summed E-state index contributed by atoms with van der Waals surface area (Å²) in [6.45, 7) is 4.16. The van der Waals surface area contributed by atoms with Crippen LogP contribution in [0.3, 0.4) is 0 Å². The lowest BCUT2D eigenvalue weighted by molar-refractivity contribution is 0.193. The Morgan fingerprint density at radius 1 is 1.69 bits per heavy atom. The maximum atomic E-state index is 5.37. The van der Waals surface area contributed by atoms with Gasteiger partial charge in [0.1, 0.15) is 5.01 Å². The van der Waals surface area contributed by atoms with Crippen LogP contribution < -0.4 is 5.32 Å². The summed E-state index contributed by atoms with van der Waals surface area (Å²) in [5, 5.41) is 6.61. The van der Waals surface area contributed by atoms with Gasteiger partial charge in [0.15, 0.2) is 0 Å². The zero-order valence-corrected chi connectivity index (χ0v) is 10.4. The van der Waals surface area contributed by atoms with Crippen molar-refractivity contribution in [2.75, 3.05) is 33.5 Å². The molecule has 1 unspecified atom stereocenters. The molecular formula is C11H18N2O2S. The number of hydrogen-bond donors (Lipinski definition) is 1. The molecule has 1 aromatic heterocycles. The van der Waals surface area contributed by atoms with Crippen LogP contribution in [0, 0.1) is 0 Å². The van der Waals surface area contributed by atoms with Crippen LogP contribution in [0.1, 0.15) is 23.0 Å². The van der Waals surface area contributed by atoms with Crippen molar-refractivity contribution in [2.45, 2.75) is 18.9 Å². The first-order valence-corrected chi connectivity index (χ1v) is 6.50. The van der Waals surface area contributed by atoms with E-state index in [1.54, 1.807) is 18.4 Å². The van der Waals surface area contributed by atoms with Crippen molar-refractivity contribution in [3.05, 3.63) is 16.1 Å². The number of methoxy groups -OCH3 is 1. The van der Waals surface area contributed by atoms with Gasteiger partial charge in [-0.15, -0.1) is 11.3 Å². The molecule has 1 fully saturated rings. The molecule has 1 aliphatic heterocycles. The van der Waals surface area contributed by atoms with E-state index >= 15 is 0 Å². The fourth-order valence-electron chi connectivity index (χ4n) is 1.73. The lowest BCUT2D eigenvalue weighted by Crippen LogP contribution is -2.18. The van der Waals surface area contributed by atoms with Crippen LogP contribution in [0.5, 0.6) is 0 Å². The van der Waals surface area contributed by atoms with E-state index in [1.807, 2.05) is 0 Å². The zero-order chi connectivity index (χ0) is 11.2. The highest BCUT2D eigenvalue weighted by Crippen LogP contribution is 2.26. The van der Waals surface area contributed by atoms with Gasteiger partial charge in [0.05, 0.1) is 18.9 Å². The Morgan fingerprint density at radius 3 is 3.38 bits per heavy atom. The fraction of sp³-hybridized carbons (Fsp3) is 0.727. The molecule has 0 amide bonds. The minimum atomic E-state index is 0.518. The highest BCUT2D eigenvalue weighted by atomic mass is 32.1. The van der Waals surface area contributed by atoms with Crippen LogP contribution >= 0.6 is 11.3 Å². The molecule has 0 spiro atoms. The average molecular weight is 242 g/mol. The molecule has 0 aliphatic carbocycles. The van der Waals surface area contributed by atoms with Gasteiger partial charge in [-0.25, -0.2) is 4.98 Å². The van der Waals surface area contributed by atoms with Gasteiger partial charge in [0.25, 0.3) is 0 Å². The predicted molar refractivity (Wildman–Crippen MR) is 63.9 cm³/mol. The first-order chi connectivity index (χ1) is 7.90. The minimum absolute atomic E-state index is 0.518. The van der Waals surface area contributed by atoms with E-state index in [0.29, 0.717) is 5.92 Å². The molecule has 1 N–H and O–H groups in total. The molecule has 0 radical (unpaired) electrons. The number of aromatic nitrogens is 1. The summed E-state index contributed by atoms with van der Waals surface area (Å²) in [5.41, 5.74) is 1.20. The monoisotopic (exact) mass is 242 g/mol. The van der Waals surface area contributed by atoms with Crippen LogP contribution in [0.15, 0.2) is 5.38 Å². The predicted octanol–water partition coefficient (Wildman–Crippen LogP) is 1.38. The van der Waals surface area contributed by atoms with Crippen LogP contribution in [0.2, 0.25) is 0 Å². The number of rotatable bonds is 6. The number of ether oxygens (including phenoxy) is 2. The van der Waals surface area contributed by atoms with E-state index in [-0.39, 0.29) is 0 Å². The van der Waals surface area contributed by atoms with Crippen molar-refractivity contribution in [1.82, 2.24) is 10.3 Å². The van der Waals surface area contributed by atoms with Gasteiger partial charge in [-0.3, -0.25) is 0 Å². The molecule has 1 atom stereocenters. The summed E-state index contributed by atoms with van der Waals surface area (Å²) in [5.74, 6) is 0.518. The molecule has 1 saturated heterocycles. The smallest absolute Gasteiger partial charge is 0.107 e. The highest BCUT2D eigenvalue weighted by Gasteiger charge is 2.20. The van der Waals surface area contributed by atoms with Gasteiger partial charge in [0.2, 0.25) is 0 Å². The quantitative estimate of drug-likeness (QED) is 0.765. The van der Waals surface area contributed by atoms with Gasteiger partial charge in [-0.1, -0.05) is 0 Å². The third-order valence-corrected chi connectivity index (χ3v) is 3.54. The summed E-state index contributed by atoms with van der Waals surface area (Å²) in [4.78, 5) is 4.63. The Labute approximate surface area is 100.0 Å². The highest BCUT2D eigenvalue weighted by molar-refractivity contribution is 7.09. The minimum Gasteiger partial charge on any atom is -0.383 e. The molecule has 2 heterocycles. The topological polar surface area (TPSA) is 43.4 Å².